The molecule has 13 heavy (non-hydrogen) atoms. The SMILES string of the molecule is c1ccc(CCn2ncnn2)cc1. The molecule has 1 aromatic carbocycles. The number of tetrazole rings is 1. The number of nitrogens with zero attached hydrogens (tertiary/aromatic N) is 4. The number of rotatable bonds is 3. The summed E-state index contributed by atoms with van der Waals surface area (Å²) in [6.45, 7) is 0.782. The van der Waals surface area contributed by atoms with Crippen LogP contribution in [0.4, 0.5) is 0 Å². The first-order valence-corrected chi connectivity index (χ1v) is 4.20. The Kier molecular flexibility index (Phi) is 2.31. The van der Waals surface area contributed by atoms with Gasteiger partial charge in [-0.25, -0.2) is 0 Å². The van der Waals surface area contributed by atoms with Gasteiger partial charge in [0.25, 0.3) is 0 Å². The van der Waals surface area contributed by atoms with Crippen molar-refractivity contribution in [3.8, 4) is 0 Å². The standard InChI is InChI=1S/C9H10N4/c1-2-4-9(5-3-1)6-7-13-11-8-10-12-13/h1-5,8H,6-7H2. The first-order valence-electron chi connectivity index (χ1n) is 4.20. The summed E-state index contributed by atoms with van der Waals surface area (Å²) in [7, 11) is 0. The van der Waals surface area contributed by atoms with E-state index in [4.69, 9.17) is 0 Å². The molecular formula is C9H10N4. The van der Waals surface area contributed by atoms with Gasteiger partial charge < -0.3 is 0 Å². The maximum Gasteiger partial charge on any atom is 0.162 e. The molecule has 0 aliphatic rings. The fraction of sp³-hybridized carbons (Fsp3) is 0.222. The molecule has 0 amide bonds. The Hall–Kier alpha value is -1.71. The molecule has 4 heteroatoms. The summed E-state index contributed by atoms with van der Waals surface area (Å²) in [6.07, 6.45) is 2.39. The summed E-state index contributed by atoms with van der Waals surface area (Å²) in [5.74, 6) is 0. The van der Waals surface area contributed by atoms with E-state index < -0.39 is 0 Å². The minimum Gasteiger partial charge on any atom is -0.164 e. The molecule has 2 rings (SSSR count). The van der Waals surface area contributed by atoms with Crippen molar-refractivity contribution in [1.82, 2.24) is 20.2 Å². The molecule has 66 valence electrons. The van der Waals surface area contributed by atoms with Crippen LogP contribution in [-0.4, -0.2) is 20.2 Å². The van der Waals surface area contributed by atoms with Crippen molar-refractivity contribution < 1.29 is 0 Å². The highest BCUT2D eigenvalue weighted by Crippen LogP contribution is 1.99. The molecule has 0 aliphatic heterocycles. The topological polar surface area (TPSA) is 43.6 Å². The highest BCUT2D eigenvalue weighted by Gasteiger charge is 1.94. The average Bonchev–Trinajstić information content (AvgIpc) is 2.69. The van der Waals surface area contributed by atoms with E-state index in [1.54, 1.807) is 4.80 Å². The predicted octanol–water partition coefficient (Wildman–Crippen LogP) is 0.916. The molecule has 0 N–H and O–H groups in total. The quantitative estimate of drug-likeness (QED) is 0.694. The molecule has 0 radical (unpaired) electrons. The van der Waals surface area contributed by atoms with Crippen molar-refractivity contribution in [3.05, 3.63) is 42.2 Å². The van der Waals surface area contributed by atoms with E-state index in [9.17, 15) is 0 Å². The first-order chi connectivity index (χ1) is 6.45. The van der Waals surface area contributed by atoms with E-state index in [0.29, 0.717) is 0 Å². The Labute approximate surface area is 76.2 Å². The maximum absolute atomic E-state index is 3.93. The van der Waals surface area contributed by atoms with E-state index >= 15 is 0 Å². The Morgan fingerprint density at radius 3 is 2.69 bits per heavy atom. The van der Waals surface area contributed by atoms with Crippen LogP contribution in [-0.2, 0) is 13.0 Å². The predicted molar refractivity (Wildman–Crippen MR) is 48.0 cm³/mol. The van der Waals surface area contributed by atoms with Crippen molar-refractivity contribution in [2.45, 2.75) is 13.0 Å². The van der Waals surface area contributed by atoms with E-state index in [2.05, 4.69) is 27.5 Å². The number of aromatic nitrogens is 4. The lowest BCUT2D eigenvalue weighted by Crippen LogP contribution is -2.04. The van der Waals surface area contributed by atoms with Gasteiger partial charge >= 0.3 is 0 Å². The second kappa shape index (κ2) is 3.80. The molecule has 2 aromatic rings. The summed E-state index contributed by atoms with van der Waals surface area (Å²) in [4.78, 5) is 1.59. The van der Waals surface area contributed by atoms with Gasteiger partial charge in [-0.05, 0) is 17.2 Å². The third kappa shape index (κ3) is 2.11. The van der Waals surface area contributed by atoms with Gasteiger partial charge in [-0.2, -0.15) is 4.80 Å². The summed E-state index contributed by atoms with van der Waals surface area (Å²) in [5, 5.41) is 11.3. The fourth-order valence-corrected chi connectivity index (χ4v) is 1.16. The van der Waals surface area contributed by atoms with Crippen molar-refractivity contribution >= 4 is 0 Å². The zero-order valence-corrected chi connectivity index (χ0v) is 7.17. The number of hydrogen-bond donors (Lipinski definition) is 0. The van der Waals surface area contributed by atoms with Crippen LogP contribution in [0.5, 0.6) is 0 Å². The Bertz CT molecular complexity index is 341. The fourth-order valence-electron chi connectivity index (χ4n) is 1.16. The molecule has 0 saturated carbocycles. The molecule has 0 fully saturated rings. The van der Waals surface area contributed by atoms with Crippen LogP contribution < -0.4 is 0 Å². The second-order valence-electron chi connectivity index (χ2n) is 2.77. The van der Waals surface area contributed by atoms with Crippen molar-refractivity contribution in [2.75, 3.05) is 0 Å². The number of hydrogen-bond acceptors (Lipinski definition) is 3. The molecule has 1 aromatic heterocycles. The molecule has 0 spiro atoms. The molecule has 0 atom stereocenters. The molecular weight excluding hydrogens is 164 g/mol. The number of aryl methyl sites for hydroxylation is 2. The van der Waals surface area contributed by atoms with Gasteiger partial charge in [-0.15, -0.1) is 10.2 Å². The monoisotopic (exact) mass is 174 g/mol. The third-order valence-corrected chi connectivity index (χ3v) is 1.83. The zero-order chi connectivity index (χ0) is 8.93. The van der Waals surface area contributed by atoms with E-state index in [0.717, 1.165) is 13.0 Å². The average molecular weight is 174 g/mol. The summed E-state index contributed by atoms with van der Waals surface area (Å²) in [6, 6.07) is 10.3. The minimum absolute atomic E-state index is 0.782. The van der Waals surface area contributed by atoms with Gasteiger partial charge in [0, 0.05) is 0 Å². The van der Waals surface area contributed by atoms with Gasteiger partial charge in [-0.1, -0.05) is 30.3 Å². The Morgan fingerprint density at radius 2 is 2.00 bits per heavy atom. The third-order valence-electron chi connectivity index (χ3n) is 1.83. The van der Waals surface area contributed by atoms with Gasteiger partial charge in [0.2, 0.25) is 0 Å². The summed E-state index contributed by atoms with van der Waals surface area (Å²) < 4.78 is 0. The highest BCUT2D eigenvalue weighted by molar-refractivity contribution is 5.14. The lowest BCUT2D eigenvalue weighted by molar-refractivity contribution is 0.522. The van der Waals surface area contributed by atoms with Crippen molar-refractivity contribution in [2.24, 2.45) is 0 Å². The van der Waals surface area contributed by atoms with E-state index in [1.807, 2.05) is 18.2 Å². The van der Waals surface area contributed by atoms with Crippen LogP contribution >= 0.6 is 0 Å². The Morgan fingerprint density at radius 1 is 1.15 bits per heavy atom. The smallest absolute Gasteiger partial charge is 0.162 e. The Balaban J connectivity index is 1.94. The normalized spacial score (nSPS) is 10.2. The molecule has 0 unspecified atom stereocenters. The van der Waals surface area contributed by atoms with Crippen LogP contribution in [0.25, 0.3) is 0 Å². The van der Waals surface area contributed by atoms with Crippen LogP contribution in [0.2, 0.25) is 0 Å². The van der Waals surface area contributed by atoms with Gasteiger partial charge in [0.05, 0.1) is 6.54 Å². The van der Waals surface area contributed by atoms with Gasteiger partial charge in [0.15, 0.2) is 6.33 Å². The summed E-state index contributed by atoms with van der Waals surface area (Å²) in [5.41, 5.74) is 1.29. The van der Waals surface area contributed by atoms with Crippen LogP contribution in [0.15, 0.2) is 36.7 Å². The van der Waals surface area contributed by atoms with E-state index in [-0.39, 0.29) is 0 Å². The van der Waals surface area contributed by atoms with Gasteiger partial charge in [0.1, 0.15) is 0 Å². The molecule has 4 nitrogen and oxygen atoms in total. The second-order valence-corrected chi connectivity index (χ2v) is 2.77. The van der Waals surface area contributed by atoms with E-state index in [1.165, 1.54) is 11.9 Å². The van der Waals surface area contributed by atoms with Crippen LogP contribution in [0.1, 0.15) is 5.56 Å². The molecule has 0 bridgehead atoms. The lowest BCUT2D eigenvalue weighted by Gasteiger charge is -1.98. The van der Waals surface area contributed by atoms with Crippen LogP contribution in [0.3, 0.4) is 0 Å². The molecule has 1 heterocycles. The van der Waals surface area contributed by atoms with Gasteiger partial charge in [-0.3, -0.25) is 0 Å². The zero-order valence-electron chi connectivity index (χ0n) is 7.17. The van der Waals surface area contributed by atoms with Crippen molar-refractivity contribution in [1.29, 1.82) is 0 Å². The molecule has 0 aliphatic carbocycles. The number of benzene rings is 1. The maximum atomic E-state index is 3.93. The lowest BCUT2D eigenvalue weighted by atomic mass is 10.2. The summed E-state index contributed by atoms with van der Waals surface area (Å²) >= 11 is 0. The van der Waals surface area contributed by atoms with Crippen LogP contribution in [0, 0.1) is 0 Å². The largest absolute Gasteiger partial charge is 0.164 e. The minimum atomic E-state index is 0.782. The molecule has 0 saturated heterocycles. The van der Waals surface area contributed by atoms with Crippen molar-refractivity contribution in [3.63, 3.8) is 0 Å². The first kappa shape index (κ1) is 7.91. The highest BCUT2D eigenvalue weighted by atomic mass is 15.6.